The minimum absolute atomic E-state index is 0.156. The van der Waals surface area contributed by atoms with Crippen LogP contribution in [0, 0.1) is 6.92 Å². The molecule has 8 heteroatoms. The third-order valence-corrected chi connectivity index (χ3v) is 4.16. The Morgan fingerprint density at radius 2 is 2.00 bits per heavy atom. The van der Waals surface area contributed by atoms with Crippen molar-refractivity contribution in [2.24, 2.45) is 0 Å². The van der Waals surface area contributed by atoms with Gasteiger partial charge in [0, 0.05) is 20.0 Å². The van der Waals surface area contributed by atoms with Crippen molar-refractivity contribution in [3.05, 3.63) is 47.2 Å². The SMILES string of the molecule is Cc1nnc([C@@H](C)N2CCO[C@H](c3ccccc3C(F)(F)F)C2)o1. The third-order valence-electron chi connectivity index (χ3n) is 4.16. The average Bonchev–Trinajstić information content (AvgIpc) is 3.00. The molecular formula is C16H18F3N3O2. The van der Waals surface area contributed by atoms with E-state index >= 15 is 0 Å². The molecule has 1 aromatic carbocycles. The summed E-state index contributed by atoms with van der Waals surface area (Å²) in [7, 11) is 0. The van der Waals surface area contributed by atoms with E-state index in [0.29, 0.717) is 31.5 Å². The fraction of sp³-hybridized carbons (Fsp3) is 0.500. The van der Waals surface area contributed by atoms with Gasteiger partial charge in [-0.3, -0.25) is 4.90 Å². The van der Waals surface area contributed by atoms with Crippen LogP contribution in [-0.2, 0) is 10.9 Å². The molecule has 2 heterocycles. The molecule has 1 saturated heterocycles. The lowest BCUT2D eigenvalue weighted by molar-refractivity contribution is -0.140. The molecule has 5 nitrogen and oxygen atoms in total. The van der Waals surface area contributed by atoms with Crippen LogP contribution in [0.2, 0.25) is 0 Å². The Morgan fingerprint density at radius 1 is 1.25 bits per heavy atom. The van der Waals surface area contributed by atoms with Gasteiger partial charge in [-0.15, -0.1) is 10.2 Å². The minimum Gasteiger partial charge on any atom is -0.424 e. The summed E-state index contributed by atoms with van der Waals surface area (Å²) in [5.41, 5.74) is -0.498. The molecule has 0 saturated carbocycles. The van der Waals surface area contributed by atoms with Gasteiger partial charge >= 0.3 is 6.18 Å². The summed E-state index contributed by atoms with van der Waals surface area (Å²) in [6.07, 6.45) is -5.06. The van der Waals surface area contributed by atoms with E-state index in [2.05, 4.69) is 10.2 Å². The highest BCUT2D eigenvalue weighted by Gasteiger charge is 2.37. The van der Waals surface area contributed by atoms with Crippen LogP contribution in [0.5, 0.6) is 0 Å². The maximum atomic E-state index is 13.2. The molecule has 2 aromatic rings. The van der Waals surface area contributed by atoms with Crippen molar-refractivity contribution in [1.82, 2.24) is 15.1 Å². The summed E-state index contributed by atoms with van der Waals surface area (Å²) in [6, 6.07) is 5.35. The normalized spacial score (nSPS) is 21.0. The maximum Gasteiger partial charge on any atom is 0.416 e. The molecule has 0 N–H and O–H groups in total. The molecule has 3 rings (SSSR count). The lowest BCUT2D eigenvalue weighted by atomic mass is 10.00. The first-order valence-corrected chi connectivity index (χ1v) is 7.68. The largest absolute Gasteiger partial charge is 0.424 e. The highest BCUT2D eigenvalue weighted by atomic mass is 19.4. The van der Waals surface area contributed by atoms with E-state index in [0.717, 1.165) is 6.07 Å². The number of morpholine rings is 1. The quantitative estimate of drug-likeness (QED) is 0.855. The molecule has 2 atom stereocenters. The van der Waals surface area contributed by atoms with Gasteiger partial charge in [-0.05, 0) is 18.6 Å². The minimum atomic E-state index is -4.41. The Kier molecular flexibility index (Phi) is 4.60. The highest BCUT2D eigenvalue weighted by Crippen LogP contribution is 2.37. The number of benzene rings is 1. The van der Waals surface area contributed by atoms with E-state index in [1.807, 2.05) is 11.8 Å². The summed E-state index contributed by atoms with van der Waals surface area (Å²) in [5.74, 6) is 0.918. The molecule has 24 heavy (non-hydrogen) atoms. The van der Waals surface area contributed by atoms with Gasteiger partial charge in [-0.1, -0.05) is 18.2 Å². The lowest BCUT2D eigenvalue weighted by Crippen LogP contribution is -2.40. The molecular weight excluding hydrogens is 323 g/mol. The number of aromatic nitrogens is 2. The lowest BCUT2D eigenvalue weighted by Gasteiger charge is -2.36. The van der Waals surface area contributed by atoms with Crippen molar-refractivity contribution < 1.29 is 22.3 Å². The van der Waals surface area contributed by atoms with E-state index in [-0.39, 0.29) is 11.6 Å². The predicted octanol–water partition coefficient (Wildman–Crippen LogP) is 3.53. The van der Waals surface area contributed by atoms with Gasteiger partial charge < -0.3 is 9.15 Å². The first kappa shape index (κ1) is 16.9. The van der Waals surface area contributed by atoms with Gasteiger partial charge in [0.15, 0.2) is 0 Å². The number of aryl methyl sites for hydroxylation is 1. The zero-order chi connectivity index (χ0) is 17.3. The van der Waals surface area contributed by atoms with Crippen LogP contribution in [0.3, 0.4) is 0 Å². The number of rotatable bonds is 3. The second-order valence-corrected chi connectivity index (χ2v) is 5.77. The Hall–Kier alpha value is -1.93. The van der Waals surface area contributed by atoms with E-state index in [1.54, 1.807) is 13.0 Å². The van der Waals surface area contributed by atoms with Gasteiger partial charge in [0.25, 0.3) is 0 Å². The molecule has 0 unspecified atom stereocenters. The van der Waals surface area contributed by atoms with Crippen molar-refractivity contribution in [2.45, 2.75) is 32.2 Å². The second kappa shape index (κ2) is 6.52. The van der Waals surface area contributed by atoms with Crippen LogP contribution in [0.1, 0.15) is 42.0 Å². The van der Waals surface area contributed by atoms with E-state index in [1.165, 1.54) is 12.1 Å². The van der Waals surface area contributed by atoms with E-state index in [9.17, 15) is 13.2 Å². The third kappa shape index (κ3) is 3.44. The Labute approximate surface area is 137 Å². The monoisotopic (exact) mass is 341 g/mol. The molecule has 0 bridgehead atoms. The summed E-state index contributed by atoms with van der Waals surface area (Å²) in [4.78, 5) is 1.99. The maximum absolute atomic E-state index is 13.2. The van der Waals surface area contributed by atoms with Crippen molar-refractivity contribution in [3.63, 3.8) is 0 Å². The van der Waals surface area contributed by atoms with Crippen molar-refractivity contribution in [3.8, 4) is 0 Å². The highest BCUT2D eigenvalue weighted by molar-refractivity contribution is 5.32. The van der Waals surface area contributed by atoms with Crippen LogP contribution in [0.4, 0.5) is 13.2 Å². The van der Waals surface area contributed by atoms with Crippen LogP contribution in [0.15, 0.2) is 28.7 Å². The first-order chi connectivity index (χ1) is 11.4. The molecule has 1 fully saturated rings. The topological polar surface area (TPSA) is 51.4 Å². The Balaban J connectivity index is 1.82. The molecule has 0 aliphatic carbocycles. The smallest absolute Gasteiger partial charge is 0.416 e. The summed E-state index contributed by atoms with van der Waals surface area (Å²) in [5, 5.41) is 7.80. The van der Waals surface area contributed by atoms with Crippen LogP contribution in [-0.4, -0.2) is 34.8 Å². The van der Waals surface area contributed by atoms with Gasteiger partial charge in [0.2, 0.25) is 11.8 Å². The molecule has 1 aromatic heterocycles. The number of halogens is 3. The zero-order valence-corrected chi connectivity index (χ0v) is 13.4. The molecule has 0 radical (unpaired) electrons. The van der Waals surface area contributed by atoms with E-state index < -0.39 is 17.8 Å². The summed E-state index contributed by atoms with van der Waals surface area (Å²) in [6.45, 7) is 4.85. The first-order valence-electron chi connectivity index (χ1n) is 7.68. The van der Waals surface area contributed by atoms with Crippen LogP contribution in [0.25, 0.3) is 0 Å². The molecule has 0 spiro atoms. The van der Waals surface area contributed by atoms with Crippen LogP contribution < -0.4 is 0 Å². The molecule has 130 valence electrons. The number of hydrogen-bond donors (Lipinski definition) is 0. The summed E-state index contributed by atoms with van der Waals surface area (Å²) >= 11 is 0. The van der Waals surface area contributed by atoms with Gasteiger partial charge in [0.05, 0.1) is 24.3 Å². The number of alkyl halides is 3. The molecule has 0 amide bonds. The van der Waals surface area contributed by atoms with Gasteiger partial charge in [0.1, 0.15) is 0 Å². The Morgan fingerprint density at radius 3 is 2.67 bits per heavy atom. The predicted molar refractivity (Wildman–Crippen MR) is 79.2 cm³/mol. The second-order valence-electron chi connectivity index (χ2n) is 5.77. The average molecular weight is 341 g/mol. The fourth-order valence-corrected chi connectivity index (χ4v) is 2.88. The van der Waals surface area contributed by atoms with Crippen molar-refractivity contribution in [2.75, 3.05) is 19.7 Å². The number of hydrogen-bond acceptors (Lipinski definition) is 5. The number of ether oxygens (including phenoxy) is 1. The van der Waals surface area contributed by atoms with Gasteiger partial charge in [-0.25, -0.2) is 0 Å². The standard InChI is InChI=1S/C16H18F3N3O2/c1-10(15-21-20-11(2)24-15)22-7-8-23-14(9-22)12-5-3-4-6-13(12)16(17,18)19/h3-6,10,14H,7-9H2,1-2H3/t10-,14+/m1/s1. The number of nitrogens with zero attached hydrogens (tertiary/aromatic N) is 3. The van der Waals surface area contributed by atoms with Crippen molar-refractivity contribution in [1.29, 1.82) is 0 Å². The van der Waals surface area contributed by atoms with Crippen molar-refractivity contribution >= 4 is 0 Å². The summed E-state index contributed by atoms with van der Waals surface area (Å²) < 4.78 is 50.7. The molecule has 1 aliphatic rings. The molecule has 1 aliphatic heterocycles. The Bertz CT molecular complexity index is 702. The fourth-order valence-electron chi connectivity index (χ4n) is 2.88. The zero-order valence-electron chi connectivity index (χ0n) is 13.4. The van der Waals surface area contributed by atoms with Crippen LogP contribution >= 0.6 is 0 Å². The van der Waals surface area contributed by atoms with E-state index in [4.69, 9.17) is 9.15 Å². The van der Waals surface area contributed by atoms with Gasteiger partial charge in [-0.2, -0.15) is 13.2 Å².